The first-order chi connectivity index (χ1) is 11.0. The van der Waals surface area contributed by atoms with Crippen molar-refractivity contribution in [3.63, 3.8) is 0 Å². The van der Waals surface area contributed by atoms with E-state index in [1.54, 1.807) is 35.7 Å². The fraction of sp³-hybridized carbons (Fsp3) is 0.125. The van der Waals surface area contributed by atoms with Crippen LogP contribution in [0.25, 0.3) is 5.65 Å². The second-order valence-corrected chi connectivity index (χ2v) is 5.14. The minimum Gasteiger partial charge on any atom is -0.508 e. The highest BCUT2D eigenvalue weighted by atomic mass is 16.4. The Labute approximate surface area is 131 Å². The lowest BCUT2D eigenvalue weighted by molar-refractivity contribution is 0.0697. The van der Waals surface area contributed by atoms with Gasteiger partial charge in [-0.1, -0.05) is 0 Å². The molecule has 3 aromatic rings. The van der Waals surface area contributed by atoms with Crippen LogP contribution in [0, 0.1) is 13.8 Å². The maximum absolute atomic E-state index is 11.0. The molecule has 1 aromatic carbocycles. The molecule has 0 aliphatic rings. The van der Waals surface area contributed by atoms with Crippen LogP contribution >= 0.6 is 0 Å². The summed E-state index contributed by atoms with van der Waals surface area (Å²) in [6, 6.07) is 7.80. The molecule has 0 amide bonds. The quantitative estimate of drug-likeness (QED) is 0.719. The number of aromatic hydroxyl groups is 1. The maximum atomic E-state index is 11.0. The van der Waals surface area contributed by atoms with E-state index in [9.17, 15) is 9.90 Å². The lowest BCUT2D eigenvalue weighted by atomic mass is 10.2. The summed E-state index contributed by atoms with van der Waals surface area (Å²) in [6.07, 6.45) is 1.61. The van der Waals surface area contributed by atoms with Crippen molar-refractivity contribution in [2.24, 2.45) is 10.2 Å². The summed E-state index contributed by atoms with van der Waals surface area (Å²) < 4.78 is 1.68. The molecule has 116 valence electrons. The van der Waals surface area contributed by atoms with E-state index in [-0.39, 0.29) is 11.3 Å². The number of phenols is 1. The van der Waals surface area contributed by atoms with Crippen LogP contribution in [-0.2, 0) is 0 Å². The molecule has 0 saturated carbocycles. The van der Waals surface area contributed by atoms with Crippen molar-refractivity contribution in [1.82, 2.24) is 9.38 Å². The molecule has 0 aliphatic heterocycles. The summed E-state index contributed by atoms with van der Waals surface area (Å²) in [7, 11) is 0. The molecule has 3 rings (SSSR count). The van der Waals surface area contributed by atoms with E-state index >= 15 is 0 Å². The molecular formula is C16H14N4O3. The third kappa shape index (κ3) is 2.76. The van der Waals surface area contributed by atoms with Crippen molar-refractivity contribution in [3.8, 4) is 5.75 Å². The SMILES string of the molecule is Cc1cc(O)ccc1N=Nc1c(C)nc2cc(C(=O)O)ccn12. The first kappa shape index (κ1) is 14.7. The largest absolute Gasteiger partial charge is 0.508 e. The molecule has 0 aliphatic carbocycles. The Balaban J connectivity index is 2.04. The van der Waals surface area contributed by atoms with Gasteiger partial charge in [0.2, 0.25) is 0 Å². The molecule has 7 heteroatoms. The number of azo groups is 1. The summed E-state index contributed by atoms with van der Waals surface area (Å²) in [4.78, 5) is 15.3. The third-order valence-electron chi connectivity index (χ3n) is 3.45. The van der Waals surface area contributed by atoms with Gasteiger partial charge in [0.05, 0.1) is 16.9 Å². The lowest BCUT2D eigenvalue weighted by Crippen LogP contribution is -1.97. The van der Waals surface area contributed by atoms with Crippen molar-refractivity contribution in [1.29, 1.82) is 0 Å². The summed E-state index contributed by atoms with van der Waals surface area (Å²) in [5.41, 5.74) is 2.75. The number of nitrogens with zero attached hydrogens (tertiary/aromatic N) is 4. The average molecular weight is 310 g/mol. The van der Waals surface area contributed by atoms with E-state index < -0.39 is 5.97 Å². The fourth-order valence-electron chi connectivity index (χ4n) is 2.26. The first-order valence-electron chi connectivity index (χ1n) is 6.89. The van der Waals surface area contributed by atoms with E-state index in [2.05, 4.69) is 15.2 Å². The van der Waals surface area contributed by atoms with Gasteiger partial charge < -0.3 is 10.2 Å². The molecule has 2 aromatic heterocycles. The number of pyridine rings is 1. The van der Waals surface area contributed by atoms with Crippen LogP contribution in [0.3, 0.4) is 0 Å². The van der Waals surface area contributed by atoms with Gasteiger partial charge in [0.1, 0.15) is 11.4 Å². The van der Waals surface area contributed by atoms with E-state index in [4.69, 9.17) is 5.11 Å². The highest BCUT2D eigenvalue weighted by molar-refractivity contribution is 5.88. The summed E-state index contributed by atoms with van der Waals surface area (Å²) in [5.74, 6) is -0.297. The Morgan fingerprint density at radius 2 is 1.96 bits per heavy atom. The zero-order valence-electron chi connectivity index (χ0n) is 12.6. The van der Waals surface area contributed by atoms with E-state index in [1.165, 1.54) is 12.1 Å². The van der Waals surface area contributed by atoms with Crippen LogP contribution in [0.15, 0.2) is 46.8 Å². The van der Waals surface area contributed by atoms with Crippen LogP contribution in [0.2, 0.25) is 0 Å². The van der Waals surface area contributed by atoms with Gasteiger partial charge in [-0.2, -0.15) is 0 Å². The van der Waals surface area contributed by atoms with Gasteiger partial charge in [-0.05, 0) is 49.7 Å². The van der Waals surface area contributed by atoms with E-state index in [0.717, 1.165) is 5.56 Å². The van der Waals surface area contributed by atoms with Gasteiger partial charge in [-0.3, -0.25) is 4.40 Å². The number of fused-ring (bicyclic) bond motifs is 1. The number of phenolic OH excluding ortho intramolecular Hbond substituents is 1. The average Bonchev–Trinajstić information content (AvgIpc) is 2.81. The minimum atomic E-state index is -1.00. The van der Waals surface area contributed by atoms with Crippen molar-refractivity contribution in [2.45, 2.75) is 13.8 Å². The zero-order valence-corrected chi connectivity index (χ0v) is 12.6. The number of carboxylic acids is 1. The van der Waals surface area contributed by atoms with E-state index in [0.29, 0.717) is 22.8 Å². The van der Waals surface area contributed by atoms with Crippen molar-refractivity contribution >= 4 is 23.1 Å². The van der Waals surface area contributed by atoms with Crippen molar-refractivity contribution in [3.05, 3.63) is 53.3 Å². The Morgan fingerprint density at radius 1 is 1.17 bits per heavy atom. The second-order valence-electron chi connectivity index (χ2n) is 5.14. The number of rotatable bonds is 3. The molecule has 0 saturated heterocycles. The van der Waals surface area contributed by atoms with Crippen molar-refractivity contribution < 1.29 is 15.0 Å². The summed E-state index contributed by atoms with van der Waals surface area (Å²) in [6.45, 7) is 3.61. The molecule has 2 heterocycles. The molecule has 0 atom stereocenters. The first-order valence-corrected chi connectivity index (χ1v) is 6.89. The molecule has 23 heavy (non-hydrogen) atoms. The van der Waals surface area contributed by atoms with Crippen LogP contribution in [0.4, 0.5) is 11.5 Å². The van der Waals surface area contributed by atoms with Gasteiger partial charge in [-0.25, -0.2) is 9.78 Å². The predicted octanol–water partition coefficient (Wildman–Crippen LogP) is 3.77. The number of hydrogen-bond acceptors (Lipinski definition) is 5. The maximum Gasteiger partial charge on any atom is 0.335 e. The van der Waals surface area contributed by atoms with Crippen LogP contribution < -0.4 is 0 Å². The number of carboxylic acid groups (broad SMARTS) is 1. The van der Waals surface area contributed by atoms with Gasteiger partial charge in [-0.15, -0.1) is 10.2 Å². The highest BCUT2D eigenvalue weighted by Gasteiger charge is 2.11. The molecule has 0 bridgehead atoms. The van der Waals surface area contributed by atoms with E-state index in [1.807, 2.05) is 6.92 Å². The van der Waals surface area contributed by atoms with Gasteiger partial charge >= 0.3 is 5.97 Å². The predicted molar refractivity (Wildman–Crippen MR) is 83.9 cm³/mol. The Bertz CT molecular complexity index is 944. The lowest BCUT2D eigenvalue weighted by Gasteiger charge is -2.00. The monoisotopic (exact) mass is 310 g/mol. The number of aromatic nitrogens is 2. The van der Waals surface area contributed by atoms with Crippen LogP contribution in [-0.4, -0.2) is 25.6 Å². The van der Waals surface area contributed by atoms with Gasteiger partial charge in [0.15, 0.2) is 5.82 Å². The molecular weight excluding hydrogens is 296 g/mol. The molecule has 0 spiro atoms. The molecule has 0 radical (unpaired) electrons. The molecule has 0 fully saturated rings. The summed E-state index contributed by atoms with van der Waals surface area (Å²) >= 11 is 0. The molecule has 2 N–H and O–H groups in total. The molecule has 0 unspecified atom stereocenters. The minimum absolute atomic E-state index is 0.167. The smallest absolute Gasteiger partial charge is 0.335 e. The Hall–Kier alpha value is -3.22. The zero-order chi connectivity index (χ0) is 16.6. The Morgan fingerprint density at radius 3 is 2.65 bits per heavy atom. The topological polar surface area (TPSA) is 99.5 Å². The number of aromatic carboxylic acids is 1. The third-order valence-corrected chi connectivity index (χ3v) is 3.45. The van der Waals surface area contributed by atoms with Crippen LogP contribution in [0.1, 0.15) is 21.6 Å². The van der Waals surface area contributed by atoms with Gasteiger partial charge in [0, 0.05) is 6.20 Å². The fourth-order valence-corrected chi connectivity index (χ4v) is 2.26. The summed E-state index contributed by atoms with van der Waals surface area (Å²) in [5, 5.41) is 26.9. The number of aryl methyl sites for hydroxylation is 2. The van der Waals surface area contributed by atoms with Crippen molar-refractivity contribution in [2.75, 3.05) is 0 Å². The number of imidazole rings is 1. The number of carbonyl (C=O) groups is 1. The highest BCUT2D eigenvalue weighted by Crippen LogP contribution is 2.27. The normalized spacial score (nSPS) is 11.4. The number of hydrogen-bond donors (Lipinski definition) is 2. The number of benzene rings is 1. The standard InChI is InChI=1S/C16H14N4O3/c1-9-7-12(21)3-4-13(9)18-19-15-10(2)17-14-8-11(16(22)23)5-6-20(14)15/h3-8,21H,1-2H3,(H,22,23). The Kier molecular flexibility index (Phi) is 3.53. The van der Waals surface area contributed by atoms with Crippen LogP contribution in [0.5, 0.6) is 5.75 Å². The van der Waals surface area contributed by atoms with Gasteiger partial charge in [0.25, 0.3) is 0 Å². The second kappa shape index (κ2) is 5.53. The molecule has 7 nitrogen and oxygen atoms in total.